The third-order valence-corrected chi connectivity index (χ3v) is 3.71. The Morgan fingerprint density at radius 2 is 2.10 bits per heavy atom. The molecule has 2 N–H and O–H groups in total. The van der Waals surface area contributed by atoms with Gasteiger partial charge in [-0.2, -0.15) is 0 Å². The van der Waals surface area contributed by atoms with Crippen molar-refractivity contribution in [2.75, 3.05) is 6.61 Å². The number of carbonyl (C=O) groups is 1. The summed E-state index contributed by atoms with van der Waals surface area (Å²) in [7, 11) is 0. The van der Waals surface area contributed by atoms with Crippen LogP contribution in [0.25, 0.3) is 0 Å². The van der Waals surface area contributed by atoms with Crippen LogP contribution in [-0.2, 0) is 27.5 Å². The molecule has 0 aliphatic heterocycles. The van der Waals surface area contributed by atoms with Crippen molar-refractivity contribution in [3.63, 3.8) is 0 Å². The molecule has 0 fully saturated rings. The van der Waals surface area contributed by atoms with Crippen molar-refractivity contribution in [2.24, 2.45) is 5.73 Å². The highest BCUT2D eigenvalue weighted by Gasteiger charge is 2.14. The molecular weight excluding hydrogens is 276 g/mol. The maximum atomic E-state index is 10.2. The number of thiazole rings is 1. The molecule has 1 unspecified atom stereocenters. The van der Waals surface area contributed by atoms with Crippen LogP contribution in [-0.4, -0.2) is 18.1 Å². The molecule has 0 saturated heterocycles. The van der Waals surface area contributed by atoms with E-state index in [9.17, 15) is 4.79 Å². The van der Waals surface area contributed by atoms with Gasteiger partial charge in [-0.15, -0.1) is 11.3 Å². The molecule has 5 nitrogen and oxygen atoms in total. The van der Waals surface area contributed by atoms with Crippen LogP contribution in [0.2, 0.25) is 0 Å². The Bertz CT molecular complexity index is 530. The van der Waals surface area contributed by atoms with Gasteiger partial charge in [0.25, 0.3) is 6.47 Å². The molecule has 1 aromatic heterocycles. The highest BCUT2D eigenvalue weighted by atomic mass is 32.1. The van der Waals surface area contributed by atoms with Crippen molar-refractivity contribution < 1.29 is 14.3 Å². The van der Waals surface area contributed by atoms with Crippen LogP contribution in [0.1, 0.15) is 22.2 Å². The number of rotatable bonds is 8. The topological polar surface area (TPSA) is 74.4 Å². The first kappa shape index (κ1) is 14.6. The largest absolute Gasteiger partial charge is 0.466 e. The minimum atomic E-state index is -0.358. The zero-order valence-corrected chi connectivity index (χ0v) is 11.7. The Labute approximate surface area is 121 Å². The van der Waals surface area contributed by atoms with Crippen LogP contribution in [0.15, 0.2) is 35.8 Å². The molecule has 6 heteroatoms. The number of carbonyl (C=O) groups excluding carboxylic acids is 1. The number of ether oxygens (including phenoxy) is 2. The van der Waals surface area contributed by atoms with Gasteiger partial charge in [0, 0.05) is 0 Å². The Hall–Kier alpha value is -1.76. The number of benzene rings is 1. The van der Waals surface area contributed by atoms with Crippen LogP contribution in [0, 0.1) is 0 Å². The Balaban J connectivity index is 1.87. The number of hydrogen-bond acceptors (Lipinski definition) is 6. The SMILES string of the molecule is NC(COC=O)c1scnc1COCc1ccccc1. The third-order valence-electron chi connectivity index (χ3n) is 2.70. The standard InChI is InChI=1S/C14H16N2O3S/c15-12(7-19-10-17)14-13(16-9-20-14)8-18-6-11-4-2-1-3-5-11/h1-5,9-10,12H,6-8,15H2. The first-order valence-corrected chi connectivity index (χ1v) is 7.04. The summed E-state index contributed by atoms with van der Waals surface area (Å²) in [6, 6.07) is 9.56. The smallest absolute Gasteiger partial charge is 0.293 e. The van der Waals surface area contributed by atoms with Gasteiger partial charge in [-0.1, -0.05) is 30.3 Å². The van der Waals surface area contributed by atoms with E-state index in [1.54, 1.807) is 5.51 Å². The van der Waals surface area contributed by atoms with Crippen molar-refractivity contribution >= 4 is 17.8 Å². The van der Waals surface area contributed by atoms with Crippen molar-refractivity contribution in [3.8, 4) is 0 Å². The molecule has 0 spiro atoms. The lowest BCUT2D eigenvalue weighted by atomic mass is 10.2. The second-order valence-corrected chi connectivity index (χ2v) is 5.06. The van der Waals surface area contributed by atoms with Gasteiger partial charge in [0.15, 0.2) is 0 Å². The highest BCUT2D eigenvalue weighted by Crippen LogP contribution is 2.21. The van der Waals surface area contributed by atoms with Gasteiger partial charge < -0.3 is 15.2 Å². The molecule has 2 aromatic rings. The molecule has 0 aliphatic carbocycles. The molecular formula is C14H16N2O3S. The fraction of sp³-hybridized carbons (Fsp3) is 0.286. The van der Waals surface area contributed by atoms with Crippen LogP contribution in [0.4, 0.5) is 0 Å². The molecule has 0 amide bonds. The lowest BCUT2D eigenvalue weighted by Gasteiger charge is -2.10. The van der Waals surface area contributed by atoms with E-state index in [0.29, 0.717) is 19.7 Å². The number of hydrogen-bond donors (Lipinski definition) is 1. The number of nitrogens with two attached hydrogens (primary N) is 1. The molecule has 1 heterocycles. The van der Waals surface area contributed by atoms with Gasteiger partial charge in [-0.25, -0.2) is 4.98 Å². The Kier molecular flexibility index (Phi) is 5.67. The van der Waals surface area contributed by atoms with Gasteiger partial charge in [0.05, 0.1) is 35.3 Å². The van der Waals surface area contributed by atoms with E-state index in [0.717, 1.165) is 16.1 Å². The summed E-state index contributed by atoms with van der Waals surface area (Å²) in [6.07, 6.45) is 0. The Morgan fingerprint density at radius 3 is 2.85 bits per heavy atom. The predicted molar refractivity (Wildman–Crippen MR) is 76.0 cm³/mol. The fourth-order valence-corrected chi connectivity index (χ4v) is 2.53. The van der Waals surface area contributed by atoms with E-state index in [1.165, 1.54) is 11.3 Å². The van der Waals surface area contributed by atoms with Crippen LogP contribution in [0.3, 0.4) is 0 Å². The summed E-state index contributed by atoms with van der Waals surface area (Å²) < 4.78 is 10.3. The van der Waals surface area contributed by atoms with Gasteiger partial charge in [0.2, 0.25) is 0 Å². The lowest BCUT2D eigenvalue weighted by Crippen LogP contribution is -2.17. The van der Waals surface area contributed by atoms with Crippen LogP contribution >= 0.6 is 11.3 Å². The van der Waals surface area contributed by atoms with Crippen molar-refractivity contribution in [1.29, 1.82) is 0 Å². The summed E-state index contributed by atoms with van der Waals surface area (Å²) in [5, 5.41) is 0. The Morgan fingerprint density at radius 1 is 1.30 bits per heavy atom. The number of aromatic nitrogens is 1. The summed E-state index contributed by atoms with van der Waals surface area (Å²) >= 11 is 1.44. The molecule has 0 aliphatic rings. The van der Waals surface area contributed by atoms with Crippen molar-refractivity contribution in [3.05, 3.63) is 52.0 Å². The van der Waals surface area contributed by atoms with Crippen LogP contribution < -0.4 is 5.73 Å². The first-order valence-electron chi connectivity index (χ1n) is 6.16. The molecule has 1 aromatic carbocycles. The second kappa shape index (κ2) is 7.74. The monoisotopic (exact) mass is 292 g/mol. The average molecular weight is 292 g/mol. The normalized spacial score (nSPS) is 12.1. The quantitative estimate of drug-likeness (QED) is 0.754. The van der Waals surface area contributed by atoms with E-state index < -0.39 is 0 Å². The van der Waals surface area contributed by atoms with E-state index in [4.69, 9.17) is 10.5 Å². The van der Waals surface area contributed by atoms with Crippen molar-refractivity contribution in [2.45, 2.75) is 19.3 Å². The highest BCUT2D eigenvalue weighted by molar-refractivity contribution is 7.09. The zero-order valence-electron chi connectivity index (χ0n) is 10.9. The predicted octanol–water partition coefficient (Wildman–Crippen LogP) is 2.03. The summed E-state index contributed by atoms with van der Waals surface area (Å²) in [4.78, 5) is 15.3. The lowest BCUT2D eigenvalue weighted by molar-refractivity contribution is -0.129. The van der Waals surface area contributed by atoms with E-state index in [2.05, 4.69) is 9.72 Å². The minimum absolute atomic E-state index is 0.150. The maximum Gasteiger partial charge on any atom is 0.293 e. The van der Waals surface area contributed by atoms with Crippen molar-refractivity contribution in [1.82, 2.24) is 4.98 Å². The minimum Gasteiger partial charge on any atom is -0.466 e. The van der Waals surface area contributed by atoms with Gasteiger partial charge >= 0.3 is 0 Å². The summed E-state index contributed by atoms with van der Waals surface area (Å²) in [5.41, 5.74) is 9.57. The van der Waals surface area contributed by atoms with Gasteiger partial charge in [0.1, 0.15) is 6.61 Å². The summed E-state index contributed by atoms with van der Waals surface area (Å²) in [5.74, 6) is 0. The average Bonchev–Trinajstić information content (AvgIpc) is 2.94. The molecule has 0 radical (unpaired) electrons. The molecule has 1 atom stereocenters. The summed E-state index contributed by atoms with van der Waals surface area (Å²) in [6.45, 7) is 1.46. The fourth-order valence-electron chi connectivity index (χ4n) is 1.75. The zero-order chi connectivity index (χ0) is 14.2. The van der Waals surface area contributed by atoms with E-state index >= 15 is 0 Å². The van der Waals surface area contributed by atoms with Gasteiger partial charge in [-0.3, -0.25) is 4.79 Å². The molecule has 0 bridgehead atoms. The first-order chi connectivity index (χ1) is 9.81. The third kappa shape index (κ3) is 4.12. The van der Waals surface area contributed by atoms with E-state index in [1.807, 2.05) is 30.3 Å². The van der Waals surface area contributed by atoms with Crippen LogP contribution in [0.5, 0.6) is 0 Å². The molecule has 0 saturated carbocycles. The number of nitrogens with zero attached hydrogens (tertiary/aromatic N) is 1. The van der Waals surface area contributed by atoms with Gasteiger partial charge in [-0.05, 0) is 5.56 Å². The molecule has 2 rings (SSSR count). The molecule has 20 heavy (non-hydrogen) atoms. The molecule has 106 valence electrons. The maximum absolute atomic E-state index is 10.2. The second-order valence-electron chi connectivity index (χ2n) is 4.18. The van der Waals surface area contributed by atoms with E-state index in [-0.39, 0.29) is 12.6 Å².